The minimum atomic E-state index is 0.262. The monoisotopic (exact) mass is 375 g/mol. The Labute approximate surface area is 160 Å². The smallest absolute Gasteiger partial charge is 0.254 e. The van der Waals surface area contributed by atoms with E-state index in [2.05, 4.69) is 20.4 Å². The lowest BCUT2D eigenvalue weighted by molar-refractivity contribution is 0.174. The summed E-state index contributed by atoms with van der Waals surface area (Å²) >= 11 is 0. The molecule has 1 aliphatic heterocycles. The molecule has 0 fully saturated rings. The van der Waals surface area contributed by atoms with Crippen LogP contribution in [0.5, 0.6) is 17.2 Å². The molecule has 0 unspecified atom stereocenters. The van der Waals surface area contributed by atoms with E-state index in [1.165, 1.54) is 6.33 Å². The first-order chi connectivity index (χ1) is 13.8. The van der Waals surface area contributed by atoms with E-state index in [0.717, 1.165) is 39.8 Å². The van der Waals surface area contributed by atoms with E-state index >= 15 is 0 Å². The number of rotatable bonds is 5. The molecule has 5 rings (SSSR count). The zero-order valence-corrected chi connectivity index (χ0v) is 15.1. The molecule has 0 aliphatic carbocycles. The maximum atomic E-state index is 5.46. The van der Waals surface area contributed by atoms with Crippen LogP contribution in [0.1, 0.15) is 5.56 Å². The maximum Gasteiger partial charge on any atom is 0.254 e. The number of aromatic nitrogens is 4. The number of ether oxygens (including phenoxy) is 3. The van der Waals surface area contributed by atoms with E-state index in [1.54, 1.807) is 17.8 Å². The lowest BCUT2D eigenvalue weighted by atomic mass is 10.1. The van der Waals surface area contributed by atoms with Gasteiger partial charge >= 0.3 is 0 Å². The van der Waals surface area contributed by atoms with E-state index in [4.69, 9.17) is 14.2 Å². The highest BCUT2D eigenvalue weighted by Gasteiger charge is 2.15. The lowest BCUT2D eigenvalue weighted by Crippen LogP contribution is -2.08. The van der Waals surface area contributed by atoms with Crippen LogP contribution in [0.25, 0.3) is 16.9 Å². The molecule has 0 bridgehead atoms. The van der Waals surface area contributed by atoms with Crippen molar-refractivity contribution >= 4 is 11.6 Å². The summed E-state index contributed by atoms with van der Waals surface area (Å²) in [6.07, 6.45) is 3.29. The number of hydrogen-bond acceptors (Lipinski definition) is 7. The molecule has 3 heterocycles. The van der Waals surface area contributed by atoms with Gasteiger partial charge < -0.3 is 19.5 Å². The minimum absolute atomic E-state index is 0.262. The zero-order valence-electron chi connectivity index (χ0n) is 15.1. The highest BCUT2D eigenvalue weighted by molar-refractivity contribution is 5.76. The summed E-state index contributed by atoms with van der Waals surface area (Å²) in [5.41, 5.74) is 2.98. The van der Waals surface area contributed by atoms with Crippen LogP contribution in [0.3, 0.4) is 0 Å². The predicted molar refractivity (Wildman–Crippen MR) is 103 cm³/mol. The number of fused-ring (bicyclic) bond motifs is 2. The second-order valence-corrected chi connectivity index (χ2v) is 6.26. The summed E-state index contributed by atoms with van der Waals surface area (Å²) in [5.74, 6) is 3.67. The molecule has 0 saturated carbocycles. The molecule has 8 nitrogen and oxygen atoms in total. The molecule has 140 valence electrons. The van der Waals surface area contributed by atoms with Gasteiger partial charge in [0, 0.05) is 18.3 Å². The van der Waals surface area contributed by atoms with Gasteiger partial charge in [-0.05, 0) is 35.4 Å². The van der Waals surface area contributed by atoms with Crippen molar-refractivity contribution in [2.45, 2.75) is 6.54 Å². The van der Waals surface area contributed by atoms with Crippen molar-refractivity contribution in [3.8, 4) is 28.4 Å². The fourth-order valence-corrected chi connectivity index (χ4v) is 3.17. The van der Waals surface area contributed by atoms with Gasteiger partial charge in [-0.1, -0.05) is 18.2 Å². The first-order valence-electron chi connectivity index (χ1n) is 8.77. The normalized spacial score (nSPS) is 12.3. The van der Waals surface area contributed by atoms with Gasteiger partial charge in [-0.2, -0.15) is 14.6 Å². The largest absolute Gasteiger partial charge is 0.497 e. The SMILES string of the molecule is COc1ccc(-c2cnc3ncnn3c2NCc2ccc3c(c2)OCO3)cc1. The van der Waals surface area contributed by atoms with Crippen molar-refractivity contribution in [3.05, 3.63) is 60.6 Å². The second kappa shape index (κ2) is 6.73. The molecule has 4 aromatic rings. The fraction of sp³-hybridized carbons (Fsp3) is 0.150. The summed E-state index contributed by atoms with van der Waals surface area (Å²) in [5, 5.41) is 7.79. The van der Waals surface area contributed by atoms with Crippen LogP contribution in [0.15, 0.2) is 55.0 Å². The molecule has 1 N–H and O–H groups in total. The Balaban J connectivity index is 1.50. The third-order valence-electron chi connectivity index (χ3n) is 4.60. The predicted octanol–water partition coefficient (Wildman–Crippen LogP) is 3.14. The van der Waals surface area contributed by atoms with Crippen LogP contribution in [0, 0.1) is 0 Å². The standard InChI is InChI=1S/C20H17N5O3/c1-26-15-5-3-14(4-6-15)16-10-22-20-23-11-24-25(20)19(16)21-9-13-2-7-17-18(8-13)28-12-27-17/h2-8,10-11,21H,9,12H2,1H3. The van der Waals surface area contributed by atoms with Gasteiger partial charge in [0.15, 0.2) is 11.5 Å². The molecule has 28 heavy (non-hydrogen) atoms. The van der Waals surface area contributed by atoms with Crippen molar-refractivity contribution in [2.24, 2.45) is 0 Å². The third-order valence-corrected chi connectivity index (χ3v) is 4.60. The van der Waals surface area contributed by atoms with Crippen LogP contribution in [0.2, 0.25) is 0 Å². The van der Waals surface area contributed by atoms with E-state index in [-0.39, 0.29) is 6.79 Å². The number of methoxy groups -OCH3 is 1. The Bertz CT molecular complexity index is 1140. The summed E-state index contributed by atoms with van der Waals surface area (Å²) in [7, 11) is 1.65. The molecule has 0 radical (unpaired) electrons. The molecule has 0 amide bonds. The molecule has 8 heteroatoms. The Hall–Kier alpha value is -3.81. The number of nitrogens with zero attached hydrogens (tertiary/aromatic N) is 4. The molecule has 0 saturated heterocycles. The van der Waals surface area contributed by atoms with Gasteiger partial charge in [-0.3, -0.25) is 0 Å². The summed E-state index contributed by atoms with van der Waals surface area (Å²) in [6, 6.07) is 13.7. The van der Waals surface area contributed by atoms with Crippen molar-refractivity contribution in [2.75, 3.05) is 19.2 Å². The number of nitrogens with one attached hydrogen (secondary N) is 1. The fourth-order valence-electron chi connectivity index (χ4n) is 3.17. The highest BCUT2D eigenvalue weighted by atomic mass is 16.7. The molecule has 1 aliphatic rings. The van der Waals surface area contributed by atoms with Gasteiger partial charge in [0.05, 0.1) is 7.11 Å². The van der Waals surface area contributed by atoms with E-state index < -0.39 is 0 Å². The Kier molecular flexibility index (Phi) is 3.93. The Morgan fingerprint density at radius 1 is 1.07 bits per heavy atom. The molecule has 2 aromatic carbocycles. The minimum Gasteiger partial charge on any atom is -0.497 e. The van der Waals surface area contributed by atoms with E-state index in [0.29, 0.717) is 12.3 Å². The molecular weight excluding hydrogens is 358 g/mol. The van der Waals surface area contributed by atoms with Crippen molar-refractivity contribution < 1.29 is 14.2 Å². The molecule has 0 atom stereocenters. The van der Waals surface area contributed by atoms with Crippen LogP contribution in [0.4, 0.5) is 5.82 Å². The summed E-state index contributed by atoms with van der Waals surface area (Å²) in [4.78, 5) is 8.59. The zero-order chi connectivity index (χ0) is 18.9. The Morgan fingerprint density at radius 2 is 1.93 bits per heavy atom. The number of anilines is 1. The van der Waals surface area contributed by atoms with E-state index in [9.17, 15) is 0 Å². The lowest BCUT2D eigenvalue weighted by Gasteiger charge is -2.14. The van der Waals surface area contributed by atoms with Crippen LogP contribution in [-0.2, 0) is 6.54 Å². The second-order valence-electron chi connectivity index (χ2n) is 6.26. The summed E-state index contributed by atoms with van der Waals surface area (Å²) < 4.78 is 17.8. The first-order valence-corrected chi connectivity index (χ1v) is 8.77. The topological polar surface area (TPSA) is 82.8 Å². The van der Waals surface area contributed by atoms with E-state index in [1.807, 2.05) is 42.5 Å². The van der Waals surface area contributed by atoms with Crippen molar-refractivity contribution in [3.63, 3.8) is 0 Å². The first kappa shape index (κ1) is 16.4. The van der Waals surface area contributed by atoms with Gasteiger partial charge in [0.2, 0.25) is 6.79 Å². The van der Waals surface area contributed by atoms with Gasteiger partial charge in [-0.25, -0.2) is 4.98 Å². The molecule has 0 spiro atoms. The van der Waals surface area contributed by atoms with Crippen molar-refractivity contribution in [1.82, 2.24) is 19.6 Å². The van der Waals surface area contributed by atoms with Gasteiger partial charge in [0.1, 0.15) is 17.9 Å². The van der Waals surface area contributed by atoms with Crippen LogP contribution in [-0.4, -0.2) is 33.5 Å². The maximum absolute atomic E-state index is 5.46. The van der Waals surface area contributed by atoms with Crippen LogP contribution >= 0.6 is 0 Å². The summed E-state index contributed by atoms with van der Waals surface area (Å²) in [6.45, 7) is 0.844. The van der Waals surface area contributed by atoms with Crippen molar-refractivity contribution in [1.29, 1.82) is 0 Å². The Morgan fingerprint density at radius 3 is 2.79 bits per heavy atom. The number of hydrogen-bond donors (Lipinski definition) is 1. The average molecular weight is 375 g/mol. The number of benzene rings is 2. The van der Waals surface area contributed by atoms with Gasteiger partial charge in [-0.15, -0.1) is 0 Å². The highest BCUT2D eigenvalue weighted by Crippen LogP contribution is 2.33. The molecule has 2 aromatic heterocycles. The van der Waals surface area contributed by atoms with Crippen LogP contribution < -0.4 is 19.5 Å². The molecular formula is C20H17N5O3. The van der Waals surface area contributed by atoms with Gasteiger partial charge in [0.25, 0.3) is 5.78 Å². The third kappa shape index (κ3) is 2.84. The average Bonchev–Trinajstić information content (AvgIpc) is 3.41. The quantitative estimate of drug-likeness (QED) is 0.574.